The molecule has 2 N–H and O–H groups in total. The molecule has 6 radical (unpaired) electrons. The molecule has 0 saturated carbocycles. The van der Waals surface area contributed by atoms with Crippen molar-refractivity contribution in [1.29, 1.82) is 0 Å². The van der Waals surface area contributed by atoms with Crippen LogP contribution in [0.5, 0.6) is 5.75 Å². The Morgan fingerprint density at radius 3 is 2.37 bits per heavy atom. The number of aromatic nitrogens is 3. The molecule has 0 saturated heterocycles. The number of nitrogens with two attached hydrogens (primary N) is 1. The molecule has 9 nitrogen and oxygen atoms in total. The molecule has 2 aromatic heterocycles. The van der Waals surface area contributed by atoms with E-state index in [2.05, 4.69) is 29.2 Å². The number of hydrogen-bond donors (Lipinski definition) is 1. The number of aliphatic imine (C=N–C) groups is 1. The van der Waals surface area contributed by atoms with Gasteiger partial charge >= 0.3 is 12.3 Å². The number of nitrogens with zero attached hydrogens (tertiary/aromatic N) is 5. The summed E-state index contributed by atoms with van der Waals surface area (Å²) in [6.45, 7) is 1.40. The molecule has 1 aromatic carbocycles. The normalized spacial score (nSPS) is 14.6. The van der Waals surface area contributed by atoms with Gasteiger partial charge in [0.15, 0.2) is 29.6 Å². The first-order valence-electron chi connectivity index (χ1n) is 11.6. The predicted octanol–water partition coefficient (Wildman–Crippen LogP) is 3.07. The number of hydrogen-bond acceptors (Lipinski definition) is 8. The highest BCUT2D eigenvalue weighted by atomic mass is 32.2. The van der Waals surface area contributed by atoms with Gasteiger partial charge in [-0.1, -0.05) is 5.16 Å². The van der Waals surface area contributed by atoms with Crippen molar-refractivity contribution in [2.75, 3.05) is 13.7 Å². The van der Waals surface area contributed by atoms with E-state index in [0.717, 1.165) is 18.5 Å². The fourth-order valence-corrected chi connectivity index (χ4v) is 5.57. The molecule has 0 aliphatic carbocycles. The Morgan fingerprint density at radius 2 is 1.80 bits per heavy atom. The van der Waals surface area contributed by atoms with Crippen LogP contribution in [-0.4, -0.2) is 84.7 Å². The van der Waals surface area contributed by atoms with Gasteiger partial charge in [-0.3, -0.25) is 9.36 Å². The fraction of sp³-hybridized carbons (Fsp3) is 0.391. The summed E-state index contributed by atoms with van der Waals surface area (Å²) in [6.07, 6.45) is -1.91. The van der Waals surface area contributed by atoms with Crippen molar-refractivity contribution in [2.24, 2.45) is 15.1 Å². The quantitative estimate of drug-likeness (QED) is 0.157. The summed E-state index contributed by atoms with van der Waals surface area (Å²) in [7, 11) is 14.7. The first-order valence-corrected chi connectivity index (χ1v) is 13.3. The van der Waals surface area contributed by atoms with Crippen molar-refractivity contribution in [2.45, 2.75) is 41.9 Å². The van der Waals surface area contributed by atoms with Gasteiger partial charge in [-0.25, -0.2) is 27.3 Å². The standard InChI is InChI=1S/C23H22B3F5N6O3S/c1-21(2,20(32)33-3)41(38,37-23(24,25)26)10-13-6-12(4-5-15(13)27)17-7-16(36-40-17)18-34-8-14(9-35-18)39-11-22(30,31)19(28)29/h4-9,19H,10-11H2,1-3H3,(H2,32,33). The van der Waals surface area contributed by atoms with Gasteiger partial charge < -0.3 is 15.0 Å². The molecule has 0 fully saturated rings. The van der Waals surface area contributed by atoms with Crippen molar-refractivity contribution in [1.82, 2.24) is 15.1 Å². The molecular formula is C23H22B3F5N6O3S. The van der Waals surface area contributed by atoms with Crippen LogP contribution in [0.15, 0.2) is 50.5 Å². The van der Waals surface area contributed by atoms with E-state index in [9.17, 15) is 26.2 Å². The van der Waals surface area contributed by atoms with Crippen LogP contribution in [0.1, 0.15) is 19.4 Å². The van der Waals surface area contributed by atoms with E-state index in [1.807, 2.05) is 0 Å². The number of benzene rings is 1. The SMILES string of the molecule is [B]C([B])([B])N=S(=O)(Cc1cc(-c2cc(-c3ncc(OCC(F)(F)C(F)F)cn3)no2)ccc1F)C(C)(C)C(N)=NC. The van der Waals surface area contributed by atoms with E-state index in [1.54, 1.807) is 0 Å². The average Bonchev–Trinajstić information content (AvgIpc) is 3.37. The first-order chi connectivity index (χ1) is 18.9. The molecule has 1 unspecified atom stereocenters. The van der Waals surface area contributed by atoms with Gasteiger partial charge in [0.2, 0.25) is 0 Å². The Hall–Kier alpha value is -3.43. The molecule has 0 bridgehead atoms. The van der Waals surface area contributed by atoms with Crippen molar-refractivity contribution >= 4 is 39.1 Å². The highest BCUT2D eigenvalue weighted by molar-refractivity contribution is 7.95. The number of ether oxygens (including phenoxy) is 1. The third-order valence-corrected chi connectivity index (χ3v) is 8.88. The lowest BCUT2D eigenvalue weighted by Gasteiger charge is -2.31. The molecule has 3 rings (SSSR count). The van der Waals surface area contributed by atoms with Crippen molar-refractivity contribution in [3.8, 4) is 28.6 Å². The number of alkyl halides is 4. The Balaban J connectivity index is 1.90. The van der Waals surface area contributed by atoms with E-state index in [1.165, 1.54) is 39.1 Å². The van der Waals surface area contributed by atoms with Crippen LogP contribution in [0.4, 0.5) is 22.0 Å². The molecule has 1 atom stereocenters. The van der Waals surface area contributed by atoms with E-state index in [4.69, 9.17) is 33.8 Å². The van der Waals surface area contributed by atoms with Gasteiger partial charge in [-0.15, -0.1) is 0 Å². The maximum Gasteiger partial charge on any atom is 0.340 e. The Labute approximate surface area is 237 Å². The zero-order valence-corrected chi connectivity index (χ0v) is 22.8. The zero-order valence-electron chi connectivity index (χ0n) is 22.0. The van der Waals surface area contributed by atoms with E-state index in [-0.39, 0.29) is 34.4 Å². The number of amidine groups is 1. The summed E-state index contributed by atoms with van der Waals surface area (Å²) in [5.74, 6) is -5.78. The maximum absolute atomic E-state index is 14.9. The summed E-state index contributed by atoms with van der Waals surface area (Å²) in [6, 6.07) is 5.22. The molecule has 3 aromatic rings. The minimum atomic E-state index is -4.34. The molecule has 41 heavy (non-hydrogen) atoms. The average molecular weight is 590 g/mol. The molecular weight excluding hydrogens is 568 g/mol. The number of rotatable bonds is 11. The van der Waals surface area contributed by atoms with Crippen molar-refractivity contribution in [3.05, 3.63) is 48.0 Å². The monoisotopic (exact) mass is 590 g/mol. The summed E-state index contributed by atoms with van der Waals surface area (Å²) in [5.41, 5.74) is 6.32. The summed E-state index contributed by atoms with van der Waals surface area (Å²) < 4.78 is 92.1. The summed E-state index contributed by atoms with van der Waals surface area (Å²) in [5, 5.41) is 1.62. The van der Waals surface area contributed by atoms with Crippen LogP contribution in [-0.2, 0) is 15.5 Å². The molecule has 0 spiro atoms. The lowest BCUT2D eigenvalue weighted by molar-refractivity contribution is -0.148. The first kappa shape index (κ1) is 32.1. The van der Waals surface area contributed by atoms with Crippen LogP contribution in [0.3, 0.4) is 0 Å². The molecule has 0 amide bonds. The number of halogens is 5. The minimum absolute atomic E-state index is 0.0154. The van der Waals surface area contributed by atoms with Crippen LogP contribution in [0.25, 0.3) is 22.8 Å². The highest BCUT2D eigenvalue weighted by Crippen LogP contribution is 2.31. The predicted molar refractivity (Wildman–Crippen MR) is 145 cm³/mol. The third kappa shape index (κ3) is 7.46. The minimum Gasteiger partial charge on any atom is -0.484 e. The second-order valence-electron chi connectivity index (χ2n) is 9.36. The lowest BCUT2D eigenvalue weighted by atomic mass is 9.50. The van der Waals surface area contributed by atoms with Crippen LogP contribution in [0.2, 0.25) is 0 Å². The van der Waals surface area contributed by atoms with E-state index < -0.39 is 50.2 Å². The van der Waals surface area contributed by atoms with E-state index >= 15 is 0 Å². The Bertz CT molecular complexity index is 1540. The van der Waals surface area contributed by atoms with Crippen molar-refractivity contribution in [3.63, 3.8) is 0 Å². The lowest BCUT2D eigenvalue weighted by Crippen LogP contribution is -2.47. The molecule has 0 aliphatic rings. The molecule has 212 valence electrons. The zero-order chi connectivity index (χ0) is 30.8. The Morgan fingerprint density at radius 1 is 1.17 bits per heavy atom. The third-order valence-electron chi connectivity index (χ3n) is 5.76. The topological polar surface area (TPSA) is 129 Å². The van der Waals surface area contributed by atoms with Gasteiger partial charge in [-0.2, -0.15) is 8.78 Å². The van der Waals surface area contributed by atoms with Gasteiger partial charge in [0, 0.05) is 24.2 Å². The van der Waals surface area contributed by atoms with Gasteiger partial charge in [-0.05, 0) is 37.3 Å². The summed E-state index contributed by atoms with van der Waals surface area (Å²) >= 11 is 0. The maximum atomic E-state index is 14.9. The van der Waals surface area contributed by atoms with Crippen LogP contribution < -0.4 is 10.5 Å². The van der Waals surface area contributed by atoms with Gasteiger partial charge in [0.05, 0.1) is 51.4 Å². The fourth-order valence-electron chi connectivity index (χ4n) is 3.35. The molecule has 0 aliphatic heterocycles. The van der Waals surface area contributed by atoms with Gasteiger partial charge in [0.25, 0.3) is 0 Å². The van der Waals surface area contributed by atoms with Crippen LogP contribution >= 0.6 is 0 Å². The smallest absolute Gasteiger partial charge is 0.340 e. The van der Waals surface area contributed by atoms with Crippen molar-refractivity contribution < 1.29 is 35.4 Å². The molecule has 2 heterocycles. The Kier molecular flexibility index (Phi) is 9.25. The summed E-state index contributed by atoms with van der Waals surface area (Å²) in [4.78, 5) is 11.7. The molecule has 18 heteroatoms. The van der Waals surface area contributed by atoms with E-state index in [0.29, 0.717) is 5.56 Å². The highest BCUT2D eigenvalue weighted by Gasteiger charge is 2.42. The largest absolute Gasteiger partial charge is 0.484 e. The van der Waals surface area contributed by atoms with Crippen LogP contribution in [0, 0.1) is 5.82 Å². The second kappa shape index (κ2) is 11.8. The van der Waals surface area contributed by atoms with Gasteiger partial charge in [0.1, 0.15) is 16.4 Å². The second-order valence-corrected chi connectivity index (χ2v) is 12.1.